The maximum absolute atomic E-state index is 14.4. The molecule has 2 rings (SSSR count). The van der Waals surface area contributed by atoms with E-state index < -0.39 is 23.1 Å². The fourth-order valence-electron chi connectivity index (χ4n) is 2.00. The minimum absolute atomic E-state index is 0.137. The number of ether oxygens (including phenoxy) is 1. The van der Waals surface area contributed by atoms with Crippen molar-refractivity contribution in [1.82, 2.24) is 4.98 Å². The topological polar surface area (TPSA) is 65.2 Å². The number of nitrogens with two attached hydrogens (primary N) is 1. The molecule has 6 heteroatoms. The van der Waals surface area contributed by atoms with E-state index in [4.69, 9.17) is 10.5 Å². The molecule has 0 atom stereocenters. The summed E-state index contributed by atoms with van der Waals surface area (Å²) in [6.45, 7) is 4.59. The molecule has 4 nitrogen and oxygen atoms in total. The van der Waals surface area contributed by atoms with Crippen molar-refractivity contribution in [3.8, 4) is 11.1 Å². The van der Waals surface area contributed by atoms with Crippen LogP contribution in [-0.2, 0) is 15.5 Å². The molecule has 0 saturated heterocycles. The van der Waals surface area contributed by atoms with Crippen LogP contribution < -0.4 is 5.73 Å². The third-order valence-corrected chi connectivity index (χ3v) is 2.99. The van der Waals surface area contributed by atoms with Gasteiger partial charge in [0.2, 0.25) is 0 Å². The molecule has 1 aromatic heterocycles. The molecular formula is C17H18F2N2O2. The average Bonchev–Trinajstić information content (AvgIpc) is 2.45. The lowest BCUT2D eigenvalue weighted by Gasteiger charge is -2.24. The number of anilines is 1. The summed E-state index contributed by atoms with van der Waals surface area (Å²) in [4.78, 5) is 15.7. The number of halogens is 2. The molecule has 2 N–H and O–H groups in total. The summed E-state index contributed by atoms with van der Waals surface area (Å²) in [5, 5.41) is 0. The van der Waals surface area contributed by atoms with Crippen molar-refractivity contribution in [3.05, 3.63) is 48.3 Å². The summed E-state index contributed by atoms with van der Waals surface area (Å²) < 4.78 is 33.6. The third-order valence-electron chi connectivity index (χ3n) is 2.99. The number of hydrogen-bond acceptors (Lipinski definition) is 4. The zero-order chi connectivity index (χ0) is 17.3. The van der Waals surface area contributed by atoms with Gasteiger partial charge in [0, 0.05) is 23.6 Å². The Balaban J connectivity index is 2.43. The predicted octanol–water partition coefficient (Wildman–Crippen LogP) is 3.76. The monoisotopic (exact) mass is 320 g/mol. The van der Waals surface area contributed by atoms with E-state index in [1.165, 1.54) is 26.8 Å². The van der Waals surface area contributed by atoms with Crippen molar-refractivity contribution in [2.45, 2.75) is 32.3 Å². The smallest absolute Gasteiger partial charge is 0.382 e. The number of aromatic nitrogens is 1. The van der Waals surface area contributed by atoms with Gasteiger partial charge in [-0.05, 0) is 62.2 Å². The molecule has 0 aliphatic rings. The molecule has 2 aromatic rings. The van der Waals surface area contributed by atoms with Crippen LogP contribution in [0.4, 0.5) is 14.5 Å². The van der Waals surface area contributed by atoms with Crippen LogP contribution in [0.5, 0.6) is 0 Å². The van der Waals surface area contributed by atoms with Crippen LogP contribution in [0.3, 0.4) is 0 Å². The summed E-state index contributed by atoms with van der Waals surface area (Å²) in [6, 6.07) is 7.21. The fraction of sp³-hybridized carbons (Fsp3) is 0.294. The van der Waals surface area contributed by atoms with Crippen molar-refractivity contribution in [2.24, 2.45) is 0 Å². The summed E-state index contributed by atoms with van der Waals surface area (Å²) >= 11 is 0. The van der Waals surface area contributed by atoms with Crippen LogP contribution in [-0.4, -0.2) is 16.6 Å². The van der Waals surface area contributed by atoms with Gasteiger partial charge in [-0.25, -0.2) is 4.79 Å². The highest BCUT2D eigenvalue weighted by Gasteiger charge is 2.44. The van der Waals surface area contributed by atoms with E-state index in [2.05, 4.69) is 4.98 Å². The van der Waals surface area contributed by atoms with E-state index >= 15 is 0 Å². The Morgan fingerprint density at radius 2 is 1.70 bits per heavy atom. The first kappa shape index (κ1) is 16.9. The largest absolute Gasteiger partial charge is 0.455 e. The first-order valence-corrected chi connectivity index (χ1v) is 7.02. The summed E-state index contributed by atoms with van der Waals surface area (Å²) in [6.07, 6.45) is 3.09. The zero-order valence-electron chi connectivity index (χ0n) is 13.1. The number of nitrogen functional groups attached to an aromatic ring is 1. The molecule has 0 aliphatic carbocycles. The number of hydrogen-bond donors (Lipinski definition) is 1. The zero-order valence-corrected chi connectivity index (χ0v) is 13.1. The summed E-state index contributed by atoms with van der Waals surface area (Å²) in [7, 11) is 0. The SMILES string of the molecule is CC(C)(C)OC(=O)C(F)(F)c1cc(N)cc(-c2ccncc2)c1. The van der Waals surface area contributed by atoms with Crippen molar-refractivity contribution < 1.29 is 18.3 Å². The van der Waals surface area contributed by atoms with Crippen LogP contribution in [0.2, 0.25) is 0 Å². The fourth-order valence-corrected chi connectivity index (χ4v) is 2.00. The predicted molar refractivity (Wildman–Crippen MR) is 83.8 cm³/mol. The van der Waals surface area contributed by atoms with Gasteiger partial charge in [-0.2, -0.15) is 8.78 Å². The standard InChI is InChI=1S/C17H18F2N2O2/c1-16(2,3)23-15(22)17(18,19)13-8-12(9-14(20)10-13)11-4-6-21-7-5-11/h4-10H,20H2,1-3H3. The maximum atomic E-state index is 14.4. The number of nitrogens with zero attached hydrogens (tertiary/aromatic N) is 1. The Kier molecular flexibility index (Phi) is 4.36. The highest BCUT2D eigenvalue weighted by molar-refractivity contribution is 5.81. The first-order valence-electron chi connectivity index (χ1n) is 7.02. The van der Waals surface area contributed by atoms with Gasteiger partial charge in [0.05, 0.1) is 0 Å². The Labute approximate surface area is 133 Å². The highest BCUT2D eigenvalue weighted by Crippen LogP contribution is 2.35. The van der Waals surface area contributed by atoms with Crippen LogP contribution in [0, 0.1) is 0 Å². The number of pyridine rings is 1. The Morgan fingerprint density at radius 3 is 2.26 bits per heavy atom. The van der Waals surface area contributed by atoms with Gasteiger partial charge in [0.1, 0.15) is 5.60 Å². The van der Waals surface area contributed by atoms with Crippen molar-refractivity contribution in [2.75, 3.05) is 5.73 Å². The quantitative estimate of drug-likeness (QED) is 0.691. The van der Waals surface area contributed by atoms with Crippen LogP contribution >= 0.6 is 0 Å². The number of carbonyl (C=O) groups is 1. The van der Waals surface area contributed by atoms with Gasteiger partial charge >= 0.3 is 11.9 Å². The molecule has 0 saturated carbocycles. The van der Waals surface area contributed by atoms with Crippen molar-refractivity contribution in [1.29, 1.82) is 0 Å². The molecule has 0 bridgehead atoms. The Bertz CT molecular complexity index is 710. The lowest BCUT2D eigenvalue weighted by molar-refractivity contribution is -0.185. The van der Waals surface area contributed by atoms with E-state index in [0.29, 0.717) is 11.1 Å². The summed E-state index contributed by atoms with van der Waals surface area (Å²) in [5.41, 5.74) is 5.50. The van der Waals surface area contributed by atoms with Gasteiger partial charge in [-0.1, -0.05) is 0 Å². The molecule has 0 aliphatic heterocycles. The average molecular weight is 320 g/mol. The Hall–Kier alpha value is -2.50. The molecule has 1 heterocycles. The van der Waals surface area contributed by atoms with Crippen LogP contribution in [0.25, 0.3) is 11.1 Å². The first-order chi connectivity index (χ1) is 10.6. The van der Waals surface area contributed by atoms with E-state index in [0.717, 1.165) is 6.07 Å². The van der Waals surface area contributed by atoms with Gasteiger partial charge in [-0.3, -0.25) is 4.98 Å². The van der Waals surface area contributed by atoms with Crippen LogP contribution in [0.15, 0.2) is 42.7 Å². The van der Waals surface area contributed by atoms with E-state index in [-0.39, 0.29) is 5.69 Å². The second kappa shape index (κ2) is 5.95. The second-order valence-corrected chi connectivity index (χ2v) is 6.16. The number of carbonyl (C=O) groups excluding carboxylic acids is 1. The Morgan fingerprint density at radius 1 is 1.09 bits per heavy atom. The van der Waals surface area contributed by atoms with E-state index in [1.807, 2.05) is 0 Å². The number of benzene rings is 1. The van der Waals surface area contributed by atoms with Crippen molar-refractivity contribution >= 4 is 11.7 Å². The van der Waals surface area contributed by atoms with Gasteiger partial charge in [0.15, 0.2) is 0 Å². The number of rotatable bonds is 3. The van der Waals surface area contributed by atoms with Crippen LogP contribution in [0.1, 0.15) is 26.3 Å². The molecule has 0 unspecified atom stereocenters. The molecule has 122 valence electrons. The lowest BCUT2D eigenvalue weighted by atomic mass is 9.99. The minimum Gasteiger partial charge on any atom is -0.455 e. The molecular weight excluding hydrogens is 302 g/mol. The number of esters is 1. The minimum atomic E-state index is -3.79. The second-order valence-electron chi connectivity index (χ2n) is 6.16. The van der Waals surface area contributed by atoms with E-state index in [9.17, 15) is 13.6 Å². The molecule has 23 heavy (non-hydrogen) atoms. The third kappa shape index (κ3) is 4.03. The normalized spacial score (nSPS) is 12.0. The molecule has 0 fully saturated rings. The lowest BCUT2D eigenvalue weighted by Crippen LogP contribution is -2.35. The van der Waals surface area contributed by atoms with Crippen molar-refractivity contribution in [3.63, 3.8) is 0 Å². The number of alkyl halides is 2. The molecule has 1 aromatic carbocycles. The molecule has 0 radical (unpaired) electrons. The molecule has 0 amide bonds. The van der Waals surface area contributed by atoms with E-state index in [1.54, 1.807) is 30.6 Å². The van der Waals surface area contributed by atoms with Gasteiger partial charge < -0.3 is 10.5 Å². The summed E-state index contributed by atoms with van der Waals surface area (Å²) in [5.74, 6) is -5.39. The highest BCUT2D eigenvalue weighted by atomic mass is 19.3. The van der Waals surface area contributed by atoms with Gasteiger partial charge in [-0.15, -0.1) is 0 Å². The maximum Gasteiger partial charge on any atom is 0.382 e. The molecule has 0 spiro atoms. The van der Waals surface area contributed by atoms with Gasteiger partial charge in [0.25, 0.3) is 0 Å².